The Morgan fingerprint density at radius 1 is 1.24 bits per heavy atom. The number of hydrogen-bond acceptors (Lipinski definition) is 3. The van der Waals surface area contributed by atoms with Gasteiger partial charge in [0.25, 0.3) is 5.91 Å². The highest BCUT2D eigenvalue weighted by atomic mass is 16.5. The molecule has 1 N–H and O–H groups in total. The second kappa shape index (κ2) is 6.72. The molecule has 1 heterocycles. The molecule has 0 bridgehead atoms. The number of carbonyl (C=O) groups is 2. The highest BCUT2D eigenvalue weighted by Gasteiger charge is 2.43. The van der Waals surface area contributed by atoms with Crippen molar-refractivity contribution in [3.05, 3.63) is 35.9 Å². The van der Waals surface area contributed by atoms with Crippen LogP contribution in [-0.2, 0) is 19.9 Å². The SMILES string of the molecule is CCCOCCN1CC(=O)NC(C)(c2ccccc2)C1=O. The lowest BCUT2D eigenvalue weighted by atomic mass is 9.88. The van der Waals surface area contributed by atoms with Gasteiger partial charge in [-0.05, 0) is 18.9 Å². The molecule has 1 aromatic carbocycles. The first-order chi connectivity index (χ1) is 10.1. The quantitative estimate of drug-likeness (QED) is 0.803. The number of rotatable bonds is 6. The number of nitrogens with zero attached hydrogens (tertiary/aromatic N) is 1. The van der Waals surface area contributed by atoms with E-state index in [0.717, 1.165) is 12.0 Å². The maximum absolute atomic E-state index is 12.7. The van der Waals surface area contributed by atoms with Gasteiger partial charge in [0.05, 0.1) is 13.2 Å². The lowest BCUT2D eigenvalue weighted by molar-refractivity contribution is -0.150. The van der Waals surface area contributed by atoms with Crippen LogP contribution in [0.15, 0.2) is 30.3 Å². The van der Waals surface area contributed by atoms with Gasteiger partial charge in [-0.1, -0.05) is 37.3 Å². The van der Waals surface area contributed by atoms with Crippen LogP contribution in [0.25, 0.3) is 0 Å². The molecule has 1 unspecified atom stereocenters. The van der Waals surface area contributed by atoms with Crippen molar-refractivity contribution >= 4 is 11.8 Å². The zero-order valence-corrected chi connectivity index (χ0v) is 12.6. The van der Waals surface area contributed by atoms with Crippen molar-refractivity contribution in [1.82, 2.24) is 10.2 Å². The van der Waals surface area contributed by atoms with E-state index in [1.165, 1.54) is 0 Å². The predicted molar refractivity (Wildman–Crippen MR) is 79.6 cm³/mol. The fourth-order valence-corrected chi connectivity index (χ4v) is 2.50. The van der Waals surface area contributed by atoms with E-state index in [0.29, 0.717) is 19.8 Å². The van der Waals surface area contributed by atoms with Gasteiger partial charge in [0, 0.05) is 13.2 Å². The maximum atomic E-state index is 12.7. The minimum Gasteiger partial charge on any atom is -0.380 e. The van der Waals surface area contributed by atoms with Crippen LogP contribution < -0.4 is 5.32 Å². The van der Waals surface area contributed by atoms with Crippen molar-refractivity contribution in [1.29, 1.82) is 0 Å². The van der Waals surface area contributed by atoms with Crippen LogP contribution in [0, 0.1) is 0 Å². The van der Waals surface area contributed by atoms with Crippen LogP contribution in [0.3, 0.4) is 0 Å². The Labute approximate surface area is 125 Å². The second-order valence-electron chi connectivity index (χ2n) is 5.38. The molecule has 0 saturated carbocycles. The summed E-state index contributed by atoms with van der Waals surface area (Å²) in [5.74, 6) is -0.232. The summed E-state index contributed by atoms with van der Waals surface area (Å²) in [7, 11) is 0. The maximum Gasteiger partial charge on any atom is 0.253 e. The Hall–Kier alpha value is -1.88. The van der Waals surface area contributed by atoms with Crippen LogP contribution in [0.2, 0.25) is 0 Å². The summed E-state index contributed by atoms with van der Waals surface area (Å²) in [4.78, 5) is 26.2. The van der Waals surface area contributed by atoms with Crippen LogP contribution in [0.4, 0.5) is 0 Å². The smallest absolute Gasteiger partial charge is 0.253 e. The lowest BCUT2D eigenvalue weighted by Gasteiger charge is -2.40. The molecule has 114 valence electrons. The zero-order chi connectivity index (χ0) is 15.3. The summed E-state index contributed by atoms with van der Waals surface area (Å²) in [6.45, 7) is 5.45. The minimum absolute atomic E-state index is 0.0894. The van der Waals surface area contributed by atoms with Gasteiger partial charge in [-0.15, -0.1) is 0 Å². The van der Waals surface area contributed by atoms with Gasteiger partial charge < -0.3 is 15.0 Å². The van der Waals surface area contributed by atoms with Crippen molar-refractivity contribution in [3.8, 4) is 0 Å². The highest BCUT2D eigenvalue weighted by molar-refractivity contribution is 5.98. The van der Waals surface area contributed by atoms with Gasteiger partial charge in [-0.3, -0.25) is 9.59 Å². The van der Waals surface area contributed by atoms with E-state index in [-0.39, 0.29) is 18.4 Å². The van der Waals surface area contributed by atoms with Crippen molar-refractivity contribution in [2.45, 2.75) is 25.8 Å². The average Bonchev–Trinajstić information content (AvgIpc) is 2.49. The molecular formula is C16H22N2O3. The third-order valence-corrected chi connectivity index (χ3v) is 3.64. The molecule has 0 spiro atoms. The van der Waals surface area contributed by atoms with E-state index in [1.807, 2.05) is 37.3 Å². The molecule has 1 aliphatic heterocycles. The highest BCUT2D eigenvalue weighted by Crippen LogP contribution is 2.25. The number of benzene rings is 1. The Balaban J connectivity index is 2.12. The topological polar surface area (TPSA) is 58.6 Å². The first kappa shape index (κ1) is 15.5. The number of hydrogen-bond donors (Lipinski definition) is 1. The fourth-order valence-electron chi connectivity index (χ4n) is 2.50. The molecular weight excluding hydrogens is 268 g/mol. The van der Waals surface area contributed by atoms with Gasteiger partial charge in [0.1, 0.15) is 5.54 Å². The fraction of sp³-hybridized carbons (Fsp3) is 0.500. The van der Waals surface area contributed by atoms with Gasteiger partial charge in [-0.2, -0.15) is 0 Å². The molecule has 0 aromatic heterocycles. The van der Waals surface area contributed by atoms with Crippen molar-refractivity contribution in [2.75, 3.05) is 26.3 Å². The summed E-state index contributed by atoms with van der Waals surface area (Å²) in [5, 5.41) is 2.82. The van der Waals surface area contributed by atoms with Crippen molar-refractivity contribution < 1.29 is 14.3 Å². The first-order valence-corrected chi connectivity index (χ1v) is 7.31. The Kier molecular flexibility index (Phi) is 4.96. The first-order valence-electron chi connectivity index (χ1n) is 7.31. The zero-order valence-electron chi connectivity index (χ0n) is 12.6. The van der Waals surface area contributed by atoms with E-state index in [1.54, 1.807) is 11.8 Å². The molecule has 21 heavy (non-hydrogen) atoms. The minimum atomic E-state index is -0.999. The number of ether oxygens (including phenoxy) is 1. The van der Waals surface area contributed by atoms with Crippen molar-refractivity contribution in [3.63, 3.8) is 0 Å². The monoisotopic (exact) mass is 290 g/mol. The Bertz CT molecular complexity index is 504. The van der Waals surface area contributed by atoms with Crippen LogP contribution >= 0.6 is 0 Å². The Morgan fingerprint density at radius 3 is 2.62 bits per heavy atom. The second-order valence-corrected chi connectivity index (χ2v) is 5.38. The summed E-state index contributed by atoms with van der Waals surface area (Å²) in [6.07, 6.45) is 0.941. The largest absolute Gasteiger partial charge is 0.380 e. The Morgan fingerprint density at radius 2 is 1.95 bits per heavy atom. The molecule has 0 aliphatic carbocycles. The summed E-state index contributed by atoms with van der Waals surface area (Å²) in [6, 6.07) is 9.33. The predicted octanol–water partition coefficient (Wildman–Crippen LogP) is 1.29. The van der Waals surface area contributed by atoms with E-state index >= 15 is 0 Å². The summed E-state index contributed by atoms with van der Waals surface area (Å²) < 4.78 is 5.42. The van der Waals surface area contributed by atoms with E-state index < -0.39 is 5.54 Å². The average molecular weight is 290 g/mol. The molecule has 0 radical (unpaired) electrons. The molecule has 1 fully saturated rings. The van der Waals surface area contributed by atoms with Crippen LogP contribution in [0.5, 0.6) is 0 Å². The van der Waals surface area contributed by atoms with Gasteiger partial charge in [0.15, 0.2) is 0 Å². The number of carbonyl (C=O) groups excluding carboxylic acids is 2. The number of amides is 2. The summed E-state index contributed by atoms with van der Waals surface area (Å²) in [5.41, 5.74) is -0.205. The van der Waals surface area contributed by atoms with Crippen molar-refractivity contribution in [2.24, 2.45) is 0 Å². The standard InChI is InChI=1S/C16H22N2O3/c1-3-10-21-11-9-18-12-14(19)17-16(2,15(18)20)13-7-5-4-6-8-13/h4-8H,3,9-12H2,1-2H3,(H,17,19). The van der Waals surface area contributed by atoms with E-state index in [4.69, 9.17) is 4.74 Å². The molecule has 2 rings (SSSR count). The molecule has 5 heteroatoms. The molecule has 2 amide bonds. The molecule has 1 atom stereocenters. The third-order valence-electron chi connectivity index (χ3n) is 3.64. The normalized spacial score (nSPS) is 22.3. The molecule has 1 aliphatic rings. The number of piperazine rings is 1. The van der Waals surface area contributed by atoms with E-state index in [2.05, 4.69) is 5.32 Å². The molecule has 1 saturated heterocycles. The lowest BCUT2D eigenvalue weighted by Crippen LogP contribution is -2.63. The van der Waals surface area contributed by atoms with Crippen LogP contribution in [-0.4, -0.2) is 43.0 Å². The van der Waals surface area contributed by atoms with Crippen LogP contribution in [0.1, 0.15) is 25.8 Å². The molecule has 1 aromatic rings. The van der Waals surface area contributed by atoms with Gasteiger partial charge >= 0.3 is 0 Å². The van der Waals surface area contributed by atoms with Gasteiger partial charge in [0.2, 0.25) is 5.91 Å². The van der Waals surface area contributed by atoms with E-state index in [9.17, 15) is 9.59 Å². The third kappa shape index (κ3) is 3.42. The summed E-state index contributed by atoms with van der Waals surface area (Å²) >= 11 is 0. The number of nitrogens with one attached hydrogen (secondary N) is 1. The molecule has 5 nitrogen and oxygen atoms in total. The van der Waals surface area contributed by atoms with Gasteiger partial charge in [-0.25, -0.2) is 0 Å².